The fourth-order valence-electron chi connectivity index (χ4n) is 3.23. The number of rotatable bonds is 7. The number of aliphatic imine (C=N–C) groups is 1. The normalized spacial score (nSPS) is 17.9. The lowest BCUT2D eigenvalue weighted by Gasteiger charge is -2.35. The molecule has 7 nitrogen and oxygen atoms in total. The first-order valence-electron chi connectivity index (χ1n) is 10.1. The molecule has 0 bridgehead atoms. The summed E-state index contributed by atoms with van der Waals surface area (Å²) < 4.78 is 13.8. The molecule has 2 aromatic rings. The Kier molecular flexibility index (Phi) is 10.2. The van der Waals surface area contributed by atoms with Crippen LogP contribution in [0.25, 0.3) is 0 Å². The summed E-state index contributed by atoms with van der Waals surface area (Å²) in [5.41, 5.74) is 1.08. The zero-order valence-electron chi connectivity index (χ0n) is 17.8. The van der Waals surface area contributed by atoms with Crippen LogP contribution in [0.4, 0.5) is 0 Å². The smallest absolute Gasteiger partial charge is 0.194 e. The molecule has 1 N–H and O–H groups in total. The maximum Gasteiger partial charge on any atom is 0.194 e. The van der Waals surface area contributed by atoms with Crippen molar-refractivity contribution in [3.63, 3.8) is 0 Å². The summed E-state index contributed by atoms with van der Waals surface area (Å²) in [4.78, 5) is 7.10. The van der Waals surface area contributed by atoms with Gasteiger partial charge in [-0.2, -0.15) is 5.10 Å². The summed E-state index contributed by atoms with van der Waals surface area (Å²) in [6.45, 7) is 7.71. The highest BCUT2D eigenvalue weighted by Gasteiger charge is 2.25. The zero-order chi connectivity index (χ0) is 20.6. The van der Waals surface area contributed by atoms with Gasteiger partial charge in [-0.1, -0.05) is 30.7 Å². The lowest BCUT2D eigenvalue weighted by molar-refractivity contribution is -0.00809. The van der Waals surface area contributed by atoms with E-state index >= 15 is 0 Å². The number of nitrogens with one attached hydrogen (secondary N) is 1. The number of ether oxygens (including phenoxy) is 2. The van der Waals surface area contributed by atoms with Gasteiger partial charge in [0, 0.05) is 31.9 Å². The molecule has 1 fully saturated rings. The number of aryl methyl sites for hydroxylation is 1. The molecule has 2 heterocycles. The second-order valence-corrected chi connectivity index (χ2v) is 7.43. The number of guanidine groups is 1. The Balaban J connectivity index is 0.00000320. The van der Waals surface area contributed by atoms with Crippen LogP contribution >= 0.6 is 35.6 Å². The Labute approximate surface area is 200 Å². The van der Waals surface area contributed by atoms with Crippen molar-refractivity contribution in [2.45, 2.75) is 32.5 Å². The van der Waals surface area contributed by atoms with E-state index in [-0.39, 0.29) is 36.2 Å². The van der Waals surface area contributed by atoms with Gasteiger partial charge in [0.15, 0.2) is 5.96 Å². The number of morpholine rings is 1. The zero-order valence-corrected chi connectivity index (χ0v) is 20.8. The van der Waals surface area contributed by atoms with Gasteiger partial charge >= 0.3 is 0 Å². The van der Waals surface area contributed by atoms with E-state index in [9.17, 15) is 0 Å². The van der Waals surface area contributed by atoms with Crippen LogP contribution < -0.4 is 10.1 Å². The first kappa shape index (κ1) is 24.7. The van der Waals surface area contributed by atoms with Crippen molar-refractivity contribution in [3.8, 4) is 5.75 Å². The maximum absolute atomic E-state index is 6.23. The van der Waals surface area contributed by atoms with Gasteiger partial charge in [-0.05, 0) is 25.5 Å². The minimum absolute atomic E-state index is 0. The van der Waals surface area contributed by atoms with Crippen LogP contribution in [0.3, 0.4) is 0 Å². The minimum atomic E-state index is -0.0429. The van der Waals surface area contributed by atoms with Crippen LogP contribution in [0.1, 0.15) is 31.9 Å². The summed E-state index contributed by atoms with van der Waals surface area (Å²) >= 11 is 6.23. The Morgan fingerprint density at radius 2 is 2.20 bits per heavy atom. The largest absolute Gasteiger partial charge is 0.487 e. The van der Waals surface area contributed by atoms with Crippen LogP contribution in [-0.2, 0) is 11.8 Å². The standard InChI is InChI=1S/C21H30ClN5O2.HI/c1-4-17(29-19-9-7-6-8-18(19)22)13-24-21(23-5-2)27-10-11-28-20(15-27)16-12-25-26(3)14-16;/h6-9,12,14,17,20H,4-5,10-11,13,15H2,1-3H3,(H,23,24);1H. The first-order chi connectivity index (χ1) is 14.1. The second kappa shape index (κ2) is 12.4. The molecule has 0 spiro atoms. The maximum atomic E-state index is 6.23. The molecule has 2 atom stereocenters. The monoisotopic (exact) mass is 547 g/mol. The van der Waals surface area contributed by atoms with E-state index in [1.807, 2.05) is 43.7 Å². The van der Waals surface area contributed by atoms with Gasteiger partial charge in [-0.15, -0.1) is 24.0 Å². The molecule has 0 saturated carbocycles. The topological polar surface area (TPSA) is 63.9 Å². The molecule has 1 aromatic heterocycles. The van der Waals surface area contributed by atoms with Gasteiger partial charge in [0.2, 0.25) is 0 Å². The van der Waals surface area contributed by atoms with Gasteiger partial charge in [0.05, 0.1) is 30.9 Å². The van der Waals surface area contributed by atoms with Crippen LogP contribution in [0, 0.1) is 0 Å². The van der Waals surface area contributed by atoms with E-state index in [0.717, 1.165) is 37.6 Å². The fraction of sp³-hybridized carbons (Fsp3) is 0.524. The van der Waals surface area contributed by atoms with E-state index in [0.29, 0.717) is 23.9 Å². The van der Waals surface area contributed by atoms with E-state index in [1.165, 1.54) is 0 Å². The third-order valence-electron chi connectivity index (χ3n) is 4.83. The third-order valence-corrected chi connectivity index (χ3v) is 5.14. The summed E-state index contributed by atoms with van der Waals surface area (Å²) in [5.74, 6) is 1.58. The first-order valence-corrected chi connectivity index (χ1v) is 10.5. The molecule has 1 aromatic carbocycles. The summed E-state index contributed by atoms with van der Waals surface area (Å²) in [5, 5.41) is 8.28. The molecule has 0 radical (unpaired) electrons. The number of para-hydroxylation sites is 1. The quantitative estimate of drug-likeness (QED) is 0.324. The highest BCUT2D eigenvalue weighted by Crippen LogP contribution is 2.25. The molecule has 9 heteroatoms. The van der Waals surface area contributed by atoms with Crippen LogP contribution in [-0.4, -0.2) is 59.5 Å². The molecule has 2 unspecified atom stereocenters. The molecule has 0 amide bonds. The van der Waals surface area contributed by atoms with Crippen molar-refractivity contribution >= 4 is 41.5 Å². The van der Waals surface area contributed by atoms with Gasteiger partial charge in [-0.3, -0.25) is 4.68 Å². The highest BCUT2D eigenvalue weighted by atomic mass is 127. The van der Waals surface area contributed by atoms with Crippen LogP contribution in [0.15, 0.2) is 41.7 Å². The van der Waals surface area contributed by atoms with Gasteiger partial charge < -0.3 is 19.7 Å². The van der Waals surface area contributed by atoms with Crippen LogP contribution in [0.2, 0.25) is 5.02 Å². The number of halogens is 2. The summed E-state index contributed by atoms with van der Waals surface area (Å²) in [6, 6.07) is 7.55. The second-order valence-electron chi connectivity index (χ2n) is 7.03. The molecule has 0 aliphatic carbocycles. The number of hydrogen-bond donors (Lipinski definition) is 1. The van der Waals surface area contributed by atoms with Crippen LogP contribution in [0.5, 0.6) is 5.75 Å². The molecular weight excluding hydrogens is 517 g/mol. The van der Waals surface area contributed by atoms with E-state index in [1.54, 1.807) is 4.68 Å². The molecule has 1 saturated heterocycles. The number of aromatic nitrogens is 2. The number of nitrogens with zero attached hydrogens (tertiary/aromatic N) is 4. The van der Waals surface area contributed by atoms with E-state index in [2.05, 4.69) is 29.2 Å². The lowest BCUT2D eigenvalue weighted by atomic mass is 10.1. The fourth-order valence-corrected chi connectivity index (χ4v) is 3.41. The van der Waals surface area contributed by atoms with Crippen molar-refractivity contribution in [2.75, 3.05) is 32.8 Å². The lowest BCUT2D eigenvalue weighted by Crippen LogP contribution is -2.48. The van der Waals surface area contributed by atoms with Gasteiger partial charge in [0.1, 0.15) is 18.0 Å². The predicted molar refractivity (Wildman–Crippen MR) is 131 cm³/mol. The Bertz CT molecular complexity index is 816. The molecule has 3 rings (SSSR count). The van der Waals surface area contributed by atoms with Gasteiger partial charge in [-0.25, -0.2) is 4.99 Å². The number of hydrogen-bond acceptors (Lipinski definition) is 4. The summed E-state index contributed by atoms with van der Waals surface area (Å²) in [6.07, 6.45) is 4.66. The molecule has 30 heavy (non-hydrogen) atoms. The van der Waals surface area contributed by atoms with Crippen molar-refractivity contribution < 1.29 is 9.47 Å². The molecule has 166 valence electrons. The van der Waals surface area contributed by atoms with Gasteiger partial charge in [0.25, 0.3) is 0 Å². The van der Waals surface area contributed by atoms with E-state index in [4.69, 9.17) is 26.1 Å². The Morgan fingerprint density at radius 1 is 1.40 bits per heavy atom. The number of benzene rings is 1. The average molecular weight is 548 g/mol. The minimum Gasteiger partial charge on any atom is -0.487 e. The molecule has 1 aliphatic heterocycles. The predicted octanol–water partition coefficient (Wildman–Crippen LogP) is 3.89. The third kappa shape index (κ3) is 6.75. The molecular formula is C21H31ClIN5O2. The highest BCUT2D eigenvalue weighted by molar-refractivity contribution is 14.0. The summed E-state index contributed by atoms with van der Waals surface area (Å²) in [7, 11) is 1.92. The van der Waals surface area contributed by atoms with Crippen molar-refractivity contribution in [1.82, 2.24) is 20.0 Å². The van der Waals surface area contributed by atoms with Crippen molar-refractivity contribution in [2.24, 2.45) is 12.0 Å². The Morgan fingerprint density at radius 3 is 2.87 bits per heavy atom. The molecule has 1 aliphatic rings. The van der Waals surface area contributed by atoms with Crippen molar-refractivity contribution in [1.29, 1.82) is 0 Å². The SMILES string of the molecule is CCNC(=NCC(CC)Oc1ccccc1Cl)N1CCOC(c2cnn(C)c2)C1.I. The van der Waals surface area contributed by atoms with E-state index < -0.39 is 0 Å². The van der Waals surface area contributed by atoms with Crippen molar-refractivity contribution in [3.05, 3.63) is 47.2 Å². The Hall–Kier alpha value is -1.52. The average Bonchev–Trinajstić information content (AvgIpc) is 3.18.